The Morgan fingerprint density at radius 2 is 2.20 bits per heavy atom. The van der Waals surface area contributed by atoms with Gasteiger partial charge in [0.15, 0.2) is 5.78 Å². The highest BCUT2D eigenvalue weighted by Crippen LogP contribution is 2.16. The number of carbonyl (C=O) groups excluding carboxylic acids is 1. The van der Waals surface area contributed by atoms with Gasteiger partial charge in [-0.05, 0) is 25.8 Å². The molecule has 1 rings (SSSR count). The van der Waals surface area contributed by atoms with Gasteiger partial charge in [0.2, 0.25) is 0 Å². The molecule has 84 valence electrons. The second-order valence-corrected chi connectivity index (χ2v) is 4.39. The number of likely N-dealkylation sites (N-methyl/N-ethyl adjacent to an activating group) is 1. The molecule has 0 aromatic heterocycles. The molecule has 2 N–H and O–H groups in total. The molecular formula is C11H19N3O. The van der Waals surface area contributed by atoms with Gasteiger partial charge in [-0.2, -0.15) is 5.26 Å². The van der Waals surface area contributed by atoms with Gasteiger partial charge in [-0.25, -0.2) is 0 Å². The Morgan fingerprint density at radius 1 is 1.53 bits per heavy atom. The van der Waals surface area contributed by atoms with Crippen LogP contribution in [0.15, 0.2) is 0 Å². The molecule has 4 heteroatoms. The van der Waals surface area contributed by atoms with Gasteiger partial charge in [-0.15, -0.1) is 0 Å². The minimum absolute atomic E-state index is 0.111. The van der Waals surface area contributed by atoms with E-state index >= 15 is 0 Å². The Labute approximate surface area is 91.0 Å². The number of carbonyl (C=O) groups is 1. The average Bonchev–Trinajstić information content (AvgIpc) is 2.66. The van der Waals surface area contributed by atoms with Crippen LogP contribution in [-0.2, 0) is 4.79 Å². The molecule has 0 spiro atoms. The molecule has 0 bridgehead atoms. The first-order valence-electron chi connectivity index (χ1n) is 5.46. The standard InChI is InChI=1S/C11H19N3O/c1-7(2)10(13-3)11(15)9-5-4-8(6-12)14-9/h7-10,13-14H,4-5H2,1-3H3/t8-,9-,10?/m0/s1. The van der Waals surface area contributed by atoms with Gasteiger partial charge in [0.1, 0.15) is 0 Å². The molecule has 1 aliphatic heterocycles. The fraction of sp³-hybridized carbons (Fsp3) is 0.818. The summed E-state index contributed by atoms with van der Waals surface area (Å²) in [6.45, 7) is 4.05. The second kappa shape index (κ2) is 5.24. The van der Waals surface area contributed by atoms with Crippen molar-refractivity contribution in [3.05, 3.63) is 0 Å². The topological polar surface area (TPSA) is 64.9 Å². The maximum atomic E-state index is 12.0. The average molecular weight is 209 g/mol. The first-order chi connectivity index (χ1) is 7.10. The van der Waals surface area contributed by atoms with Gasteiger partial charge in [0.05, 0.1) is 24.2 Å². The lowest BCUT2D eigenvalue weighted by Gasteiger charge is -2.22. The lowest BCUT2D eigenvalue weighted by molar-refractivity contribution is -0.123. The second-order valence-electron chi connectivity index (χ2n) is 4.39. The predicted octanol–water partition coefficient (Wildman–Crippen LogP) is 0.444. The zero-order chi connectivity index (χ0) is 11.4. The molecular weight excluding hydrogens is 190 g/mol. The van der Waals surface area contributed by atoms with Gasteiger partial charge >= 0.3 is 0 Å². The van der Waals surface area contributed by atoms with Crippen molar-refractivity contribution in [2.75, 3.05) is 7.05 Å². The highest BCUT2D eigenvalue weighted by Gasteiger charge is 2.33. The monoisotopic (exact) mass is 209 g/mol. The van der Waals surface area contributed by atoms with E-state index in [-0.39, 0.29) is 29.8 Å². The minimum atomic E-state index is -0.149. The lowest BCUT2D eigenvalue weighted by Crippen LogP contribution is -2.48. The largest absolute Gasteiger partial charge is 0.310 e. The minimum Gasteiger partial charge on any atom is -0.310 e. The van der Waals surface area contributed by atoms with E-state index in [9.17, 15) is 4.79 Å². The third kappa shape index (κ3) is 2.77. The molecule has 1 saturated heterocycles. The molecule has 0 radical (unpaired) electrons. The Hall–Kier alpha value is -0.920. The number of hydrogen-bond acceptors (Lipinski definition) is 4. The van der Waals surface area contributed by atoms with Crippen LogP contribution >= 0.6 is 0 Å². The molecule has 1 heterocycles. The Balaban J connectivity index is 2.58. The summed E-state index contributed by atoms with van der Waals surface area (Å²) in [5.41, 5.74) is 0. The number of nitrogens with zero attached hydrogens (tertiary/aromatic N) is 1. The smallest absolute Gasteiger partial charge is 0.166 e. The van der Waals surface area contributed by atoms with Crippen molar-refractivity contribution < 1.29 is 4.79 Å². The molecule has 3 atom stereocenters. The van der Waals surface area contributed by atoms with Crippen molar-refractivity contribution in [2.45, 2.75) is 44.8 Å². The van der Waals surface area contributed by atoms with Crippen molar-refractivity contribution in [1.82, 2.24) is 10.6 Å². The van der Waals surface area contributed by atoms with Crippen LogP contribution in [0.25, 0.3) is 0 Å². The molecule has 0 aliphatic carbocycles. The van der Waals surface area contributed by atoms with Crippen molar-refractivity contribution in [3.63, 3.8) is 0 Å². The zero-order valence-corrected chi connectivity index (χ0v) is 9.58. The summed E-state index contributed by atoms with van der Waals surface area (Å²) in [4.78, 5) is 12.0. The summed E-state index contributed by atoms with van der Waals surface area (Å²) >= 11 is 0. The number of rotatable bonds is 4. The fourth-order valence-electron chi connectivity index (χ4n) is 2.09. The van der Waals surface area contributed by atoms with Crippen LogP contribution in [0.4, 0.5) is 0 Å². The van der Waals surface area contributed by atoms with Gasteiger partial charge in [-0.3, -0.25) is 10.1 Å². The van der Waals surface area contributed by atoms with Crippen LogP contribution in [0.5, 0.6) is 0 Å². The molecule has 1 unspecified atom stereocenters. The van der Waals surface area contributed by atoms with E-state index < -0.39 is 0 Å². The Bertz CT molecular complexity index is 269. The predicted molar refractivity (Wildman–Crippen MR) is 58.3 cm³/mol. The van der Waals surface area contributed by atoms with Crippen molar-refractivity contribution in [3.8, 4) is 6.07 Å². The third-order valence-corrected chi connectivity index (χ3v) is 2.93. The zero-order valence-electron chi connectivity index (χ0n) is 9.58. The maximum absolute atomic E-state index is 12.0. The van der Waals surface area contributed by atoms with Crippen molar-refractivity contribution in [2.24, 2.45) is 5.92 Å². The van der Waals surface area contributed by atoms with Crippen LogP contribution in [0.3, 0.4) is 0 Å². The molecule has 0 saturated carbocycles. The molecule has 15 heavy (non-hydrogen) atoms. The van der Waals surface area contributed by atoms with Crippen molar-refractivity contribution >= 4 is 5.78 Å². The summed E-state index contributed by atoms with van der Waals surface area (Å²) in [6, 6.07) is 1.75. The first-order valence-corrected chi connectivity index (χ1v) is 5.46. The summed E-state index contributed by atoms with van der Waals surface area (Å²) < 4.78 is 0. The number of nitrogens with one attached hydrogen (secondary N) is 2. The fourth-order valence-corrected chi connectivity index (χ4v) is 2.09. The molecule has 0 aromatic carbocycles. The number of hydrogen-bond donors (Lipinski definition) is 2. The van der Waals surface area contributed by atoms with Crippen LogP contribution < -0.4 is 10.6 Å². The molecule has 0 aromatic rings. The van der Waals surface area contributed by atoms with Crippen LogP contribution in [0, 0.1) is 17.2 Å². The van der Waals surface area contributed by atoms with E-state index in [0.29, 0.717) is 0 Å². The highest BCUT2D eigenvalue weighted by molar-refractivity contribution is 5.89. The summed E-state index contributed by atoms with van der Waals surface area (Å²) in [7, 11) is 1.80. The van der Waals surface area contributed by atoms with Crippen LogP contribution in [0.1, 0.15) is 26.7 Å². The molecule has 1 aliphatic rings. The van der Waals surface area contributed by atoms with Crippen LogP contribution in [0.2, 0.25) is 0 Å². The maximum Gasteiger partial charge on any atom is 0.166 e. The van der Waals surface area contributed by atoms with Crippen LogP contribution in [-0.4, -0.2) is 31.0 Å². The van der Waals surface area contributed by atoms with E-state index in [1.54, 1.807) is 7.05 Å². The first kappa shape index (κ1) is 12.2. The van der Waals surface area contributed by atoms with Gasteiger partial charge in [-0.1, -0.05) is 13.8 Å². The molecule has 4 nitrogen and oxygen atoms in total. The quantitative estimate of drug-likeness (QED) is 0.705. The van der Waals surface area contributed by atoms with E-state index in [0.717, 1.165) is 12.8 Å². The highest BCUT2D eigenvalue weighted by atomic mass is 16.1. The number of nitriles is 1. The van der Waals surface area contributed by atoms with Gasteiger partial charge in [0, 0.05) is 0 Å². The van der Waals surface area contributed by atoms with E-state index in [1.807, 2.05) is 13.8 Å². The Kier molecular flexibility index (Phi) is 4.25. The summed E-state index contributed by atoms with van der Waals surface area (Å²) in [5, 5.41) is 14.8. The van der Waals surface area contributed by atoms with Gasteiger partial charge in [0.25, 0.3) is 0 Å². The SMILES string of the molecule is CNC(C(=O)[C@@H]1CC[C@@H](C#N)N1)C(C)C. The molecule has 1 fully saturated rings. The lowest BCUT2D eigenvalue weighted by atomic mass is 9.95. The van der Waals surface area contributed by atoms with E-state index in [1.165, 1.54) is 0 Å². The number of ketones is 1. The third-order valence-electron chi connectivity index (χ3n) is 2.93. The Morgan fingerprint density at radius 3 is 2.60 bits per heavy atom. The van der Waals surface area contributed by atoms with Crippen molar-refractivity contribution in [1.29, 1.82) is 5.26 Å². The number of Topliss-reactive ketones (excluding diaryl/α,β-unsaturated/α-hetero) is 1. The summed E-state index contributed by atoms with van der Waals surface area (Å²) in [6.07, 6.45) is 1.56. The normalized spacial score (nSPS) is 27.7. The van der Waals surface area contributed by atoms with E-state index in [4.69, 9.17) is 5.26 Å². The van der Waals surface area contributed by atoms with E-state index in [2.05, 4.69) is 16.7 Å². The van der Waals surface area contributed by atoms with Gasteiger partial charge < -0.3 is 5.32 Å². The summed E-state index contributed by atoms with van der Waals surface area (Å²) in [5.74, 6) is 0.468. The molecule has 0 amide bonds.